The van der Waals surface area contributed by atoms with Crippen molar-refractivity contribution in [2.75, 3.05) is 7.11 Å². The average molecular weight is 179 g/mol. The molecule has 0 spiro atoms. The van der Waals surface area contributed by atoms with E-state index in [4.69, 9.17) is 10.5 Å². The van der Waals surface area contributed by atoms with Crippen molar-refractivity contribution in [1.29, 1.82) is 0 Å². The van der Waals surface area contributed by atoms with Crippen LogP contribution in [0.3, 0.4) is 0 Å². The third-order valence-electron chi connectivity index (χ3n) is 2.26. The summed E-state index contributed by atoms with van der Waals surface area (Å²) in [4.78, 5) is 0. The highest BCUT2D eigenvalue weighted by Gasteiger charge is 2.05. The van der Waals surface area contributed by atoms with Gasteiger partial charge in [-0.1, -0.05) is 24.3 Å². The fourth-order valence-corrected chi connectivity index (χ4v) is 1.23. The lowest BCUT2D eigenvalue weighted by molar-refractivity contribution is 0.119. The lowest BCUT2D eigenvalue weighted by atomic mass is 10.0. The van der Waals surface area contributed by atoms with Crippen molar-refractivity contribution in [3.63, 3.8) is 0 Å². The molecule has 0 saturated carbocycles. The minimum Gasteiger partial charge on any atom is -0.377 e. The van der Waals surface area contributed by atoms with E-state index in [0.717, 1.165) is 5.56 Å². The number of hydrogen-bond donors (Lipinski definition) is 1. The summed E-state index contributed by atoms with van der Waals surface area (Å²) in [5.74, 6) is 0. The van der Waals surface area contributed by atoms with Gasteiger partial charge in [0.15, 0.2) is 0 Å². The molecule has 2 heteroatoms. The van der Waals surface area contributed by atoms with Crippen LogP contribution in [0.5, 0.6) is 0 Å². The average Bonchev–Trinajstić information content (AvgIpc) is 2.17. The number of ether oxygens (including phenoxy) is 1. The van der Waals surface area contributed by atoms with Gasteiger partial charge in [-0.3, -0.25) is 0 Å². The zero-order valence-electron chi connectivity index (χ0n) is 8.45. The molecule has 1 aromatic carbocycles. The van der Waals surface area contributed by atoms with E-state index in [2.05, 4.69) is 12.1 Å². The molecule has 0 aliphatic rings. The van der Waals surface area contributed by atoms with Crippen molar-refractivity contribution in [2.45, 2.75) is 26.0 Å². The smallest absolute Gasteiger partial charge is 0.0793 e. The number of rotatable bonds is 3. The predicted octanol–water partition coefficient (Wildman–Crippen LogP) is 2.41. The van der Waals surface area contributed by atoms with E-state index in [-0.39, 0.29) is 12.1 Å². The molecule has 1 aromatic rings. The Bertz CT molecular complexity index is 271. The maximum absolute atomic E-state index is 5.78. The Hall–Kier alpha value is -0.860. The van der Waals surface area contributed by atoms with Crippen LogP contribution >= 0.6 is 0 Å². The molecule has 0 aliphatic heterocycles. The van der Waals surface area contributed by atoms with Crippen molar-refractivity contribution in [2.24, 2.45) is 5.73 Å². The Morgan fingerprint density at radius 3 is 2.38 bits per heavy atom. The van der Waals surface area contributed by atoms with Gasteiger partial charge in [-0.15, -0.1) is 0 Å². The Morgan fingerprint density at radius 2 is 1.85 bits per heavy atom. The van der Waals surface area contributed by atoms with Gasteiger partial charge in [0.05, 0.1) is 6.10 Å². The molecule has 0 bridgehead atoms. The molecule has 0 fully saturated rings. The van der Waals surface area contributed by atoms with Gasteiger partial charge in [0, 0.05) is 13.2 Å². The van der Waals surface area contributed by atoms with Gasteiger partial charge in [-0.25, -0.2) is 0 Å². The van der Waals surface area contributed by atoms with Crippen molar-refractivity contribution < 1.29 is 4.74 Å². The number of nitrogens with two attached hydrogens (primary N) is 1. The number of benzene rings is 1. The molecular formula is C11H17NO. The molecule has 0 aliphatic carbocycles. The Kier molecular flexibility index (Phi) is 3.46. The summed E-state index contributed by atoms with van der Waals surface area (Å²) in [6.45, 7) is 4.01. The summed E-state index contributed by atoms with van der Waals surface area (Å²) in [6, 6.07) is 8.29. The first-order valence-electron chi connectivity index (χ1n) is 4.53. The fraction of sp³-hybridized carbons (Fsp3) is 0.455. The zero-order valence-corrected chi connectivity index (χ0v) is 8.45. The van der Waals surface area contributed by atoms with Gasteiger partial charge in [-0.2, -0.15) is 0 Å². The molecule has 13 heavy (non-hydrogen) atoms. The molecule has 0 radical (unpaired) electrons. The number of methoxy groups -OCH3 is 1. The third kappa shape index (κ3) is 2.54. The minimum atomic E-state index is 0.0870. The minimum absolute atomic E-state index is 0.0870. The van der Waals surface area contributed by atoms with Crippen LogP contribution in [0.15, 0.2) is 24.3 Å². The Labute approximate surface area is 79.7 Å². The van der Waals surface area contributed by atoms with Gasteiger partial charge in [-0.05, 0) is 25.0 Å². The van der Waals surface area contributed by atoms with E-state index < -0.39 is 0 Å². The monoisotopic (exact) mass is 179 g/mol. The summed E-state index contributed by atoms with van der Waals surface area (Å²) < 4.78 is 5.23. The van der Waals surface area contributed by atoms with Gasteiger partial charge >= 0.3 is 0 Å². The summed E-state index contributed by atoms with van der Waals surface area (Å²) in [7, 11) is 1.71. The second kappa shape index (κ2) is 4.40. The van der Waals surface area contributed by atoms with Gasteiger partial charge < -0.3 is 10.5 Å². The van der Waals surface area contributed by atoms with Crippen molar-refractivity contribution in [3.8, 4) is 0 Å². The molecule has 0 saturated heterocycles. The van der Waals surface area contributed by atoms with Gasteiger partial charge in [0.1, 0.15) is 0 Å². The largest absolute Gasteiger partial charge is 0.377 e. The summed E-state index contributed by atoms with van der Waals surface area (Å²) in [6.07, 6.45) is 0.138. The lowest BCUT2D eigenvalue weighted by Gasteiger charge is -2.12. The van der Waals surface area contributed by atoms with Crippen molar-refractivity contribution in [3.05, 3.63) is 35.4 Å². The summed E-state index contributed by atoms with van der Waals surface area (Å²) in [5, 5.41) is 0. The van der Waals surface area contributed by atoms with Gasteiger partial charge in [0.25, 0.3) is 0 Å². The van der Waals surface area contributed by atoms with Crippen LogP contribution in [0.2, 0.25) is 0 Å². The first kappa shape index (κ1) is 10.2. The molecule has 0 aromatic heterocycles. The van der Waals surface area contributed by atoms with Crippen molar-refractivity contribution in [1.82, 2.24) is 0 Å². The third-order valence-corrected chi connectivity index (χ3v) is 2.26. The molecule has 2 unspecified atom stereocenters. The standard InChI is InChI=1S/C11H17NO/c1-8(12)10-5-4-6-11(7-10)9(2)13-3/h4-9H,12H2,1-3H3. The fourth-order valence-electron chi connectivity index (χ4n) is 1.23. The van der Waals surface area contributed by atoms with Crippen LogP contribution in [0, 0.1) is 0 Å². The summed E-state index contributed by atoms with van der Waals surface area (Å²) >= 11 is 0. The summed E-state index contributed by atoms with van der Waals surface area (Å²) in [5.41, 5.74) is 8.12. The molecule has 0 heterocycles. The Morgan fingerprint density at radius 1 is 1.23 bits per heavy atom. The number of hydrogen-bond acceptors (Lipinski definition) is 2. The highest BCUT2D eigenvalue weighted by molar-refractivity contribution is 5.26. The molecule has 0 amide bonds. The second-order valence-electron chi connectivity index (χ2n) is 3.34. The maximum Gasteiger partial charge on any atom is 0.0793 e. The molecule has 2 N–H and O–H groups in total. The van der Waals surface area contributed by atoms with Crippen LogP contribution in [-0.2, 0) is 4.74 Å². The molecule has 1 rings (SSSR count). The zero-order chi connectivity index (χ0) is 9.84. The van der Waals surface area contributed by atoms with Crippen molar-refractivity contribution >= 4 is 0 Å². The topological polar surface area (TPSA) is 35.2 Å². The van der Waals surface area contributed by atoms with Gasteiger partial charge in [0.2, 0.25) is 0 Å². The first-order valence-corrected chi connectivity index (χ1v) is 4.53. The SMILES string of the molecule is COC(C)c1cccc(C(C)N)c1. The Balaban J connectivity index is 2.91. The predicted molar refractivity (Wildman–Crippen MR) is 54.5 cm³/mol. The van der Waals surface area contributed by atoms with E-state index in [9.17, 15) is 0 Å². The maximum atomic E-state index is 5.78. The van der Waals surface area contributed by atoms with E-state index in [1.165, 1.54) is 5.56 Å². The van der Waals surface area contributed by atoms with Crippen LogP contribution < -0.4 is 5.73 Å². The van der Waals surface area contributed by atoms with E-state index in [1.54, 1.807) is 7.11 Å². The van der Waals surface area contributed by atoms with Crippen LogP contribution in [-0.4, -0.2) is 7.11 Å². The highest BCUT2D eigenvalue weighted by atomic mass is 16.5. The van der Waals surface area contributed by atoms with E-state index >= 15 is 0 Å². The van der Waals surface area contributed by atoms with E-state index in [1.807, 2.05) is 26.0 Å². The molecule has 2 atom stereocenters. The normalized spacial score (nSPS) is 15.4. The van der Waals surface area contributed by atoms with E-state index in [0.29, 0.717) is 0 Å². The lowest BCUT2D eigenvalue weighted by Crippen LogP contribution is -2.06. The molecule has 72 valence electrons. The molecular weight excluding hydrogens is 162 g/mol. The molecule has 2 nitrogen and oxygen atoms in total. The quantitative estimate of drug-likeness (QED) is 0.773. The second-order valence-corrected chi connectivity index (χ2v) is 3.34. The first-order chi connectivity index (χ1) is 6.15. The highest BCUT2D eigenvalue weighted by Crippen LogP contribution is 2.19. The van der Waals surface area contributed by atoms with Crippen LogP contribution in [0.25, 0.3) is 0 Å². The van der Waals surface area contributed by atoms with Crippen LogP contribution in [0.1, 0.15) is 37.1 Å². The van der Waals surface area contributed by atoms with Crippen LogP contribution in [0.4, 0.5) is 0 Å².